The second-order valence-electron chi connectivity index (χ2n) is 3.43. The number of aryl methyl sites for hydroxylation is 2. The molecule has 2 heterocycles. The van der Waals surface area contributed by atoms with E-state index in [9.17, 15) is 9.59 Å². The van der Waals surface area contributed by atoms with E-state index in [4.69, 9.17) is 0 Å². The number of carbonyl (C=O) groups excluding carboxylic acids is 1. The summed E-state index contributed by atoms with van der Waals surface area (Å²) in [5.74, 6) is 0. The molecule has 0 unspecified atom stereocenters. The van der Waals surface area contributed by atoms with Gasteiger partial charge < -0.3 is 4.98 Å². The van der Waals surface area contributed by atoms with Gasteiger partial charge >= 0.3 is 0 Å². The quantitative estimate of drug-likeness (QED) is 0.626. The zero-order valence-corrected chi connectivity index (χ0v) is 10.7. The smallest absolute Gasteiger partial charge is 0.260 e. The van der Waals surface area contributed by atoms with Crippen LogP contribution in [-0.4, -0.2) is 15.1 Å². The van der Waals surface area contributed by atoms with E-state index in [2.05, 4.69) is 9.97 Å². The average Bonchev–Trinajstić information content (AvgIpc) is 2.41. The summed E-state index contributed by atoms with van der Waals surface area (Å²) < 4.78 is 0. The van der Waals surface area contributed by atoms with Crippen LogP contribution >= 0.6 is 23.1 Å². The minimum Gasteiger partial charge on any atom is -0.300 e. The number of nitrogens with one attached hydrogen (secondary N) is 1. The molecule has 84 valence electrons. The highest BCUT2D eigenvalue weighted by atomic mass is 32.2. The second-order valence-corrected chi connectivity index (χ2v) is 5.80. The molecule has 0 atom stereocenters. The van der Waals surface area contributed by atoms with E-state index in [-0.39, 0.29) is 10.7 Å². The lowest BCUT2D eigenvalue weighted by molar-refractivity contribution is -0.109. The summed E-state index contributed by atoms with van der Waals surface area (Å²) in [7, 11) is 0. The molecule has 2 aromatic rings. The van der Waals surface area contributed by atoms with E-state index in [1.807, 2.05) is 13.8 Å². The number of H-pyrrole nitrogens is 1. The maximum absolute atomic E-state index is 11.8. The fraction of sp³-hybridized carbons (Fsp3) is 0.300. The van der Waals surface area contributed by atoms with Crippen molar-refractivity contribution in [3.8, 4) is 0 Å². The largest absolute Gasteiger partial charge is 0.300 e. The van der Waals surface area contributed by atoms with Gasteiger partial charge in [0.05, 0.1) is 5.39 Å². The molecule has 6 heteroatoms. The van der Waals surface area contributed by atoms with Crippen molar-refractivity contribution in [2.75, 3.05) is 0 Å². The first kappa shape index (κ1) is 11.3. The molecular formula is C10H10N2O2S2. The predicted molar refractivity (Wildman–Crippen MR) is 66.3 cm³/mol. The van der Waals surface area contributed by atoms with E-state index in [0.29, 0.717) is 15.4 Å². The van der Waals surface area contributed by atoms with Gasteiger partial charge in [0.25, 0.3) is 5.56 Å². The molecule has 2 aromatic heterocycles. The summed E-state index contributed by atoms with van der Waals surface area (Å²) >= 11 is 2.42. The van der Waals surface area contributed by atoms with Crippen LogP contribution in [0.25, 0.3) is 10.2 Å². The van der Waals surface area contributed by atoms with Crippen LogP contribution < -0.4 is 5.56 Å². The van der Waals surface area contributed by atoms with Gasteiger partial charge in [-0.1, -0.05) is 0 Å². The Kier molecular flexibility index (Phi) is 2.86. The molecule has 0 aliphatic heterocycles. The van der Waals surface area contributed by atoms with Crippen molar-refractivity contribution in [1.29, 1.82) is 0 Å². The SMILES string of the molecule is CC(=O)Sc1nc2sc(C)c(C)c2c(=O)[nH]1. The normalized spacial score (nSPS) is 10.9. The minimum atomic E-state index is -0.171. The van der Waals surface area contributed by atoms with Gasteiger partial charge in [-0.05, 0) is 31.2 Å². The molecule has 0 aliphatic carbocycles. The molecule has 16 heavy (non-hydrogen) atoms. The van der Waals surface area contributed by atoms with Gasteiger partial charge in [0.1, 0.15) is 4.83 Å². The molecule has 0 aliphatic rings. The van der Waals surface area contributed by atoms with Gasteiger partial charge in [-0.25, -0.2) is 4.98 Å². The molecule has 2 rings (SSSR count). The number of aromatic nitrogens is 2. The molecule has 0 aromatic carbocycles. The average molecular weight is 254 g/mol. The molecule has 0 spiro atoms. The Morgan fingerprint density at radius 2 is 2.12 bits per heavy atom. The van der Waals surface area contributed by atoms with Crippen molar-refractivity contribution in [3.63, 3.8) is 0 Å². The Morgan fingerprint density at radius 1 is 1.44 bits per heavy atom. The van der Waals surface area contributed by atoms with Crippen molar-refractivity contribution >= 4 is 38.4 Å². The minimum absolute atomic E-state index is 0.0903. The van der Waals surface area contributed by atoms with Gasteiger partial charge in [0, 0.05) is 11.8 Å². The van der Waals surface area contributed by atoms with Crippen LogP contribution in [0.4, 0.5) is 0 Å². The maximum atomic E-state index is 11.8. The number of rotatable bonds is 1. The van der Waals surface area contributed by atoms with E-state index >= 15 is 0 Å². The summed E-state index contributed by atoms with van der Waals surface area (Å²) in [6.07, 6.45) is 0. The van der Waals surface area contributed by atoms with Crippen LogP contribution in [0.15, 0.2) is 9.95 Å². The number of thiophene rings is 1. The molecule has 4 nitrogen and oxygen atoms in total. The van der Waals surface area contributed by atoms with Crippen LogP contribution in [-0.2, 0) is 4.79 Å². The van der Waals surface area contributed by atoms with Crippen LogP contribution in [0.3, 0.4) is 0 Å². The Morgan fingerprint density at radius 3 is 2.75 bits per heavy atom. The lowest BCUT2D eigenvalue weighted by Gasteiger charge is -1.96. The molecule has 0 fully saturated rings. The highest BCUT2D eigenvalue weighted by molar-refractivity contribution is 8.13. The fourth-order valence-electron chi connectivity index (χ4n) is 1.42. The van der Waals surface area contributed by atoms with E-state index in [0.717, 1.165) is 22.2 Å². The van der Waals surface area contributed by atoms with Gasteiger partial charge in [0.2, 0.25) is 0 Å². The Balaban J connectivity index is 2.69. The summed E-state index contributed by atoms with van der Waals surface area (Å²) in [6.45, 7) is 5.31. The Bertz CT molecular complexity index is 628. The van der Waals surface area contributed by atoms with Crippen molar-refractivity contribution in [2.45, 2.75) is 25.9 Å². The monoisotopic (exact) mass is 254 g/mol. The van der Waals surface area contributed by atoms with Crippen LogP contribution in [0.1, 0.15) is 17.4 Å². The van der Waals surface area contributed by atoms with Crippen LogP contribution in [0.2, 0.25) is 0 Å². The lowest BCUT2D eigenvalue weighted by Crippen LogP contribution is -2.09. The molecule has 0 radical (unpaired) electrons. The van der Waals surface area contributed by atoms with Gasteiger partial charge in [-0.2, -0.15) is 0 Å². The third kappa shape index (κ3) is 1.90. The lowest BCUT2D eigenvalue weighted by atomic mass is 10.2. The topological polar surface area (TPSA) is 62.8 Å². The van der Waals surface area contributed by atoms with Crippen molar-refractivity contribution in [1.82, 2.24) is 9.97 Å². The maximum Gasteiger partial charge on any atom is 0.260 e. The van der Waals surface area contributed by atoms with Crippen LogP contribution in [0.5, 0.6) is 0 Å². The van der Waals surface area contributed by atoms with E-state index in [1.54, 1.807) is 0 Å². The van der Waals surface area contributed by atoms with E-state index in [1.165, 1.54) is 18.3 Å². The number of hydrogen-bond acceptors (Lipinski definition) is 5. The van der Waals surface area contributed by atoms with Gasteiger partial charge in [-0.3, -0.25) is 9.59 Å². The van der Waals surface area contributed by atoms with Gasteiger partial charge in [0.15, 0.2) is 10.3 Å². The van der Waals surface area contributed by atoms with Crippen LogP contribution in [0, 0.1) is 13.8 Å². The zero-order chi connectivity index (χ0) is 11.9. The van der Waals surface area contributed by atoms with E-state index < -0.39 is 0 Å². The molecule has 1 N–H and O–H groups in total. The Labute approximate surface area is 100 Å². The molecule has 0 saturated heterocycles. The first-order chi connectivity index (χ1) is 7.49. The number of aromatic amines is 1. The number of fused-ring (bicyclic) bond motifs is 1. The fourth-order valence-corrected chi connectivity index (χ4v) is 3.06. The molecule has 0 amide bonds. The number of carbonyl (C=O) groups is 1. The highest BCUT2D eigenvalue weighted by Gasteiger charge is 2.12. The number of hydrogen-bond donors (Lipinski definition) is 1. The predicted octanol–water partition coefficient (Wildman–Crippen LogP) is 2.24. The Hall–Kier alpha value is -1.14. The summed E-state index contributed by atoms with van der Waals surface area (Å²) in [4.78, 5) is 31.4. The number of nitrogens with zero attached hydrogens (tertiary/aromatic N) is 1. The molecule has 0 bridgehead atoms. The second kappa shape index (κ2) is 4.03. The molecular weight excluding hydrogens is 244 g/mol. The third-order valence-electron chi connectivity index (χ3n) is 2.26. The first-order valence-corrected chi connectivity index (χ1v) is 6.30. The van der Waals surface area contributed by atoms with Crippen molar-refractivity contribution < 1.29 is 4.79 Å². The third-order valence-corrected chi connectivity index (χ3v) is 4.03. The summed E-state index contributed by atoms with van der Waals surface area (Å²) in [6, 6.07) is 0. The van der Waals surface area contributed by atoms with Gasteiger partial charge in [-0.15, -0.1) is 11.3 Å². The number of thioether (sulfide) groups is 1. The van der Waals surface area contributed by atoms with Crippen molar-refractivity contribution in [3.05, 3.63) is 20.8 Å². The zero-order valence-electron chi connectivity index (χ0n) is 9.08. The standard InChI is InChI=1S/C10H10N2O2S2/c1-4-5(2)15-9-7(4)8(14)11-10(12-9)16-6(3)13/h1-3H3,(H,11,12,14). The first-order valence-electron chi connectivity index (χ1n) is 4.67. The molecule has 0 saturated carbocycles. The summed E-state index contributed by atoms with van der Waals surface area (Å²) in [5.41, 5.74) is 0.795. The summed E-state index contributed by atoms with van der Waals surface area (Å²) in [5, 5.41) is 0.911. The highest BCUT2D eigenvalue weighted by Crippen LogP contribution is 2.27. The van der Waals surface area contributed by atoms with Crippen molar-refractivity contribution in [2.24, 2.45) is 0 Å².